The van der Waals surface area contributed by atoms with Crippen molar-refractivity contribution in [2.75, 3.05) is 0 Å². The van der Waals surface area contributed by atoms with Crippen molar-refractivity contribution in [3.63, 3.8) is 0 Å². The van der Waals surface area contributed by atoms with Crippen molar-refractivity contribution in [2.45, 2.75) is 13.0 Å². The molecular formula is C15H13BrN2O. The molecule has 0 amide bonds. The van der Waals surface area contributed by atoms with Gasteiger partial charge in [-0.3, -0.25) is 0 Å². The second-order valence-electron chi connectivity index (χ2n) is 4.18. The van der Waals surface area contributed by atoms with Crippen molar-refractivity contribution in [3.8, 4) is 17.6 Å². The van der Waals surface area contributed by atoms with Crippen LogP contribution in [-0.4, -0.2) is 0 Å². The number of rotatable bonds is 3. The minimum Gasteiger partial charge on any atom is -0.456 e. The van der Waals surface area contributed by atoms with Crippen LogP contribution in [-0.2, 0) is 0 Å². The van der Waals surface area contributed by atoms with Gasteiger partial charge in [0.1, 0.15) is 17.6 Å². The Labute approximate surface area is 120 Å². The zero-order valence-electron chi connectivity index (χ0n) is 10.4. The normalized spacial score (nSPS) is 11.7. The molecule has 0 saturated carbocycles. The number of hydrogen-bond acceptors (Lipinski definition) is 3. The molecule has 0 aromatic heterocycles. The molecule has 0 aliphatic heterocycles. The molecule has 2 rings (SSSR count). The van der Waals surface area contributed by atoms with E-state index in [1.807, 2.05) is 31.2 Å². The molecule has 4 heteroatoms. The van der Waals surface area contributed by atoms with Crippen molar-refractivity contribution in [2.24, 2.45) is 5.73 Å². The molecule has 0 saturated heterocycles. The number of nitrogens with two attached hydrogens (primary N) is 1. The molecule has 0 radical (unpaired) electrons. The molecule has 0 spiro atoms. The minimum absolute atomic E-state index is 0.151. The van der Waals surface area contributed by atoms with Crippen LogP contribution in [0.5, 0.6) is 11.5 Å². The summed E-state index contributed by atoms with van der Waals surface area (Å²) in [6, 6.07) is 14.7. The predicted octanol–water partition coefficient (Wildman–Crippen LogP) is 4.13. The predicted molar refractivity (Wildman–Crippen MR) is 78.0 cm³/mol. The van der Waals surface area contributed by atoms with E-state index in [4.69, 9.17) is 15.7 Å². The largest absolute Gasteiger partial charge is 0.456 e. The van der Waals surface area contributed by atoms with E-state index >= 15 is 0 Å². The molecule has 0 bridgehead atoms. The monoisotopic (exact) mass is 316 g/mol. The molecule has 1 unspecified atom stereocenters. The fourth-order valence-corrected chi connectivity index (χ4v) is 2.11. The Hall–Kier alpha value is -1.83. The van der Waals surface area contributed by atoms with Gasteiger partial charge < -0.3 is 10.5 Å². The van der Waals surface area contributed by atoms with Crippen LogP contribution in [0, 0.1) is 11.3 Å². The van der Waals surface area contributed by atoms with Crippen LogP contribution in [0.15, 0.2) is 46.9 Å². The number of nitriles is 1. The van der Waals surface area contributed by atoms with E-state index in [1.165, 1.54) is 0 Å². The highest BCUT2D eigenvalue weighted by atomic mass is 79.9. The third-order valence-corrected chi connectivity index (χ3v) is 3.18. The van der Waals surface area contributed by atoms with Crippen molar-refractivity contribution in [1.29, 1.82) is 5.26 Å². The van der Waals surface area contributed by atoms with Gasteiger partial charge in [0.15, 0.2) is 0 Å². The second-order valence-corrected chi connectivity index (χ2v) is 5.10. The Kier molecular flexibility index (Phi) is 4.20. The van der Waals surface area contributed by atoms with Gasteiger partial charge in [0, 0.05) is 16.1 Å². The van der Waals surface area contributed by atoms with Crippen molar-refractivity contribution in [3.05, 3.63) is 58.1 Å². The third kappa shape index (κ3) is 3.14. The first-order chi connectivity index (χ1) is 9.11. The molecule has 2 aromatic rings. The summed E-state index contributed by atoms with van der Waals surface area (Å²) >= 11 is 3.41. The van der Waals surface area contributed by atoms with Gasteiger partial charge in [0.25, 0.3) is 0 Å². The van der Waals surface area contributed by atoms with Crippen molar-refractivity contribution >= 4 is 15.9 Å². The van der Waals surface area contributed by atoms with Crippen molar-refractivity contribution in [1.82, 2.24) is 0 Å². The van der Waals surface area contributed by atoms with Crippen LogP contribution < -0.4 is 10.5 Å². The fraction of sp³-hybridized carbons (Fsp3) is 0.133. The van der Waals surface area contributed by atoms with Gasteiger partial charge in [-0.05, 0) is 37.3 Å². The summed E-state index contributed by atoms with van der Waals surface area (Å²) in [4.78, 5) is 0. The summed E-state index contributed by atoms with van der Waals surface area (Å²) < 4.78 is 6.77. The Bertz CT molecular complexity index is 632. The molecule has 0 aliphatic carbocycles. The maximum absolute atomic E-state index is 9.06. The number of halogens is 1. The summed E-state index contributed by atoms with van der Waals surface area (Å²) in [6.45, 7) is 1.89. The smallest absolute Gasteiger partial charge is 0.145 e. The lowest BCUT2D eigenvalue weighted by molar-refractivity contribution is 0.470. The van der Waals surface area contributed by atoms with Gasteiger partial charge in [-0.1, -0.05) is 28.1 Å². The molecule has 0 heterocycles. The topological polar surface area (TPSA) is 59.0 Å². The number of hydrogen-bond donors (Lipinski definition) is 1. The Balaban J connectivity index is 2.41. The van der Waals surface area contributed by atoms with Gasteiger partial charge in [-0.25, -0.2) is 0 Å². The molecule has 0 aliphatic rings. The highest BCUT2D eigenvalue weighted by molar-refractivity contribution is 9.10. The van der Waals surface area contributed by atoms with Crippen LogP contribution in [0.25, 0.3) is 0 Å². The van der Waals surface area contributed by atoms with E-state index in [1.54, 1.807) is 18.2 Å². The fourth-order valence-electron chi connectivity index (χ4n) is 1.73. The zero-order chi connectivity index (χ0) is 13.8. The molecule has 96 valence electrons. The third-order valence-electron chi connectivity index (χ3n) is 2.69. The standard InChI is InChI=1S/C15H13BrN2O/c1-10(18)13-8-12(16)6-7-15(13)19-14-5-3-2-4-11(14)9-17/h2-8,10H,18H2,1H3. The van der Waals surface area contributed by atoms with E-state index in [0.29, 0.717) is 17.1 Å². The maximum Gasteiger partial charge on any atom is 0.145 e. The lowest BCUT2D eigenvalue weighted by Crippen LogP contribution is -2.06. The van der Waals surface area contributed by atoms with Gasteiger partial charge in [0.05, 0.1) is 5.56 Å². The Morgan fingerprint density at radius 1 is 1.21 bits per heavy atom. The maximum atomic E-state index is 9.06. The summed E-state index contributed by atoms with van der Waals surface area (Å²) in [5, 5.41) is 9.06. The van der Waals surface area contributed by atoms with Crippen LogP contribution >= 0.6 is 15.9 Å². The van der Waals surface area contributed by atoms with Gasteiger partial charge in [-0.2, -0.15) is 5.26 Å². The number of para-hydroxylation sites is 1. The number of benzene rings is 2. The summed E-state index contributed by atoms with van der Waals surface area (Å²) in [7, 11) is 0. The van der Waals surface area contributed by atoms with E-state index in [2.05, 4.69) is 22.0 Å². The minimum atomic E-state index is -0.151. The number of ether oxygens (including phenoxy) is 1. The number of nitrogens with zero attached hydrogens (tertiary/aromatic N) is 1. The first-order valence-electron chi connectivity index (χ1n) is 5.84. The van der Waals surface area contributed by atoms with Gasteiger partial charge >= 0.3 is 0 Å². The van der Waals surface area contributed by atoms with Crippen molar-refractivity contribution < 1.29 is 4.74 Å². The van der Waals surface area contributed by atoms with E-state index in [9.17, 15) is 0 Å². The Morgan fingerprint density at radius 3 is 2.63 bits per heavy atom. The average molecular weight is 317 g/mol. The van der Waals surface area contributed by atoms with Crippen LogP contribution in [0.1, 0.15) is 24.1 Å². The second kappa shape index (κ2) is 5.87. The Morgan fingerprint density at radius 2 is 1.95 bits per heavy atom. The quantitative estimate of drug-likeness (QED) is 0.926. The van der Waals surface area contributed by atoms with Crippen LogP contribution in [0.3, 0.4) is 0 Å². The summed E-state index contributed by atoms with van der Waals surface area (Å²) in [6.07, 6.45) is 0. The van der Waals surface area contributed by atoms with Crippen LogP contribution in [0.2, 0.25) is 0 Å². The molecule has 2 aromatic carbocycles. The molecule has 19 heavy (non-hydrogen) atoms. The first-order valence-corrected chi connectivity index (χ1v) is 6.63. The average Bonchev–Trinajstić information content (AvgIpc) is 2.41. The molecule has 2 N–H and O–H groups in total. The van der Waals surface area contributed by atoms with Crippen LogP contribution in [0.4, 0.5) is 0 Å². The lowest BCUT2D eigenvalue weighted by Gasteiger charge is -2.14. The molecule has 0 fully saturated rings. The first kappa shape index (κ1) is 13.6. The molecule has 3 nitrogen and oxygen atoms in total. The lowest BCUT2D eigenvalue weighted by atomic mass is 10.1. The highest BCUT2D eigenvalue weighted by Gasteiger charge is 2.11. The SMILES string of the molecule is CC(N)c1cc(Br)ccc1Oc1ccccc1C#N. The highest BCUT2D eigenvalue weighted by Crippen LogP contribution is 2.32. The molecular weight excluding hydrogens is 304 g/mol. The molecule has 1 atom stereocenters. The zero-order valence-corrected chi connectivity index (χ0v) is 12.0. The van der Waals surface area contributed by atoms with E-state index in [-0.39, 0.29) is 6.04 Å². The van der Waals surface area contributed by atoms with Gasteiger partial charge in [-0.15, -0.1) is 0 Å². The van der Waals surface area contributed by atoms with E-state index < -0.39 is 0 Å². The van der Waals surface area contributed by atoms with E-state index in [0.717, 1.165) is 10.0 Å². The summed E-state index contributed by atoms with van der Waals surface area (Å²) in [5.74, 6) is 1.20. The van der Waals surface area contributed by atoms with Gasteiger partial charge in [0.2, 0.25) is 0 Å². The summed E-state index contributed by atoms with van der Waals surface area (Å²) in [5.41, 5.74) is 7.33.